The van der Waals surface area contributed by atoms with Crippen molar-refractivity contribution in [1.29, 1.82) is 0 Å². The molecule has 0 radical (unpaired) electrons. The molecule has 2 rings (SSSR count). The second kappa shape index (κ2) is 5.19. The molecule has 0 atom stereocenters. The number of nitro benzene ring substituents is 1. The maximum atomic E-state index is 13.6. The summed E-state index contributed by atoms with van der Waals surface area (Å²) in [5, 5.41) is 13.3. The predicted octanol–water partition coefficient (Wildman–Crippen LogP) is 2.90. The van der Waals surface area contributed by atoms with Crippen LogP contribution in [0.25, 0.3) is 0 Å². The number of carbonyl (C=O) groups is 1. The highest BCUT2D eigenvalue weighted by Crippen LogP contribution is 2.51. The second-order valence-electron chi connectivity index (χ2n) is 5.62. The maximum absolute atomic E-state index is 13.6. The molecule has 0 saturated heterocycles. The van der Waals surface area contributed by atoms with Gasteiger partial charge in [-0.2, -0.15) is 0 Å². The molecule has 1 amide bonds. The van der Waals surface area contributed by atoms with Gasteiger partial charge in [-0.25, -0.2) is 4.39 Å². The highest BCUT2D eigenvalue weighted by Gasteiger charge is 2.45. The summed E-state index contributed by atoms with van der Waals surface area (Å²) in [6, 6.07) is 2.96. The summed E-state index contributed by atoms with van der Waals surface area (Å²) < 4.78 is 13.6. The molecule has 6 heteroatoms. The molecule has 20 heavy (non-hydrogen) atoms. The van der Waals surface area contributed by atoms with Crippen molar-refractivity contribution in [3.8, 4) is 0 Å². The minimum atomic E-state index is -0.748. The quantitative estimate of drug-likeness (QED) is 0.665. The van der Waals surface area contributed by atoms with Gasteiger partial charge in [0, 0.05) is 18.7 Å². The van der Waals surface area contributed by atoms with Crippen LogP contribution in [0.2, 0.25) is 0 Å². The van der Waals surface area contributed by atoms with Gasteiger partial charge in [0.25, 0.3) is 11.6 Å². The summed E-state index contributed by atoms with van der Waals surface area (Å²) in [6.45, 7) is 4.66. The Bertz CT molecular complexity index is 553. The third kappa shape index (κ3) is 2.79. The third-order valence-electron chi connectivity index (χ3n) is 4.12. The summed E-state index contributed by atoms with van der Waals surface area (Å²) in [5.41, 5.74) is -0.465. The first-order chi connectivity index (χ1) is 9.35. The second-order valence-corrected chi connectivity index (χ2v) is 5.62. The monoisotopic (exact) mass is 280 g/mol. The smallest absolute Gasteiger partial charge is 0.270 e. The molecule has 1 N–H and O–H groups in total. The molecule has 1 aromatic carbocycles. The van der Waals surface area contributed by atoms with Gasteiger partial charge in [-0.15, -0.1) is 0 Å². The fraction of sp³-hybridized carbons (Fsp3) is 0.500. The van der Waals surface area contributed by atoms with E-state index in [-0.39, 0.29) is 16.7 Å². The van der Waals surface area contributed by atoms with E-state index in [2.05, 4.69) is 19.2 Å². The number of nitrogens with zero attached hydrogens (tertiary/aromatic N) is 1. The van der Waals surface area contributed by atoms with Gasteiger partial charge in [-0.1, -0.05) is 13.8 Å². The summed E-state index contributed by atoms with van der Waals surface area (Å²) in [7, 11) is 0. The lowest BCUT2D eigenvalue weighted by atomic mass is 9.92. The minimum Gasteiger partial charge on any atom is -0.351 e. The molecule has 0 bridgehead atoms. The van der Waals surface area contributed by atoms with E-state index in [1.807, 2.05) is 0 Å². The van der Waals surface area contributed by atoms with Gasteiger partial charge in [0.05, 0.1) is 10.5 Å². The zero-order chi connectivity index (χ0) is 14.9. The number of hydrogen-bond donors (Lipinski definition) is 1. The van der Waals surface area contributed by atoms with Crippen LogP contribution in [0.1, 0.15) is 37.0 Å². The topological polar surface area (TPSA) is 72.2 Å². The zero-order valence-electron chi connectivity index (χ0n) is 11.5. The van der Waals surface area contributed by atoms with E-state index in [4.69, 9.17) is 0 Å². The highest BCUT2D eigenvalue weighted by atomic mass is 19.1. The first kappa shape index (κ1) is 14.4. The molecule has 108 valence electrons. The Balaban J connectivity index is 2.09. The van der Waals surface area contributed by atoms with Gasteiger partial charge in [-0.3, -0.25) is 14.9 Å². The highest BCUT2D eigenvalue weighted by molar-refractivity contribution is 5.95. The number of hydrogen-bond acceptors (Lipinski definition) is 3. The first-order valence-electron chi connectivity index (χ1n) is 6.58. The molecular weight excluding hydrogens is 263 g/mol. The molecule has 0 unspecified atom stereocenters. The Morgan fingerprint density at radius 2 is 2.15 bits per heavy atom. The van der Waals surface area contributed by atoms with Gasteiger partial charge in [0.1, 0.15) is 5.82 Å². The molecule has 0 spiro atoms. The van der Waals surface area contributed by atoms with E-state index in [9.17, 15) is 19.3 Å². The average molecular weight is 280 g/mol. The molecular formula is C14H17FN2O3. The number of rotatable bonds is 5. The van der Waals surface area contributed by atoms with Crippen LogP contribution in [0.5, 0.6) is 0 Å². The van der Waals surface area contributed by atoms with Gasteiger partial charge in [0.15, 0.2) is 0 Å². The number of non-ortho nitro benzene ring substituents is 1. The number of halogens is 1. The van der Waals surface area contributed by atoms with E-state index in [0.717, 1.165) is 31.0 Å². The third-order valence-corrected chi connectivity index (χ3v) is 4.12. The van der Waals surface area contributed by atoms with Gasteiger partial charge >= 0.3 is 0 Å². The van der Waals surface area contributed by atoms with Crippen LogP contribution in [0, 0.1) is 27.3 Å². The first-order valence-corrected chi connectivity index (χ1v) is 6.58. The van der Waals surface area contributed by atoms with E-state index >= 15 is 0 Å². The standard InChI is InChI=1S/C14H17FN2O3/c1-9(2)14(5-6-14)8-16-13(18)11-7-10(17(19)20)3-4-12(11)15/h3-4,7,9H,5-6,8H2,1-2H3,(H,16,18). The Morgan fingerprint density at radius 3 is 2.65 bits per heavy atom. The molecule has 1 aliphatic rings. The molecule has 1 saturated carbocycles. The van der Waals surface area contributed by atoms with Gasteiger partial charge in [0.2, 0.25) is 0 Å². The zero-order valence-corrected chi connectivity index (χ0v) is 11.5. The van der Waals surface area contributed by atoms with E-state index in [1.54, 1.807) is 0 Å². The Labute approximate surface area is 116 Å². The number of benzene rings is 1. The van der Waals surface area contributed by atoms with Crippen molar-refractivity contribution in [2.45, 2.75) is 26.7 Å². The lowest BCUT2D eigenvalue weighted by molar-refractivity contribution is -0.384. The summed E-state index contributed by atoms with van der Waals surface area (Å²) in [6.07, 6.45) is 2.09. The van der Waals surface area contributed by atoms with Crippen molar-refractivity contribution in [2.75, 3.05) is 6.54 Å². The Morgan fingerprint density at radius 1 is 1.50 bits per heavy atom. The minimum absolute atomic E-state index is 0.104. The van der Waals surface area contributed by atoms with E-state index in [1.165, 1.54) is 0 Å². The fourth-order valence-electron chi connectivity index (χ4n) is 2.27. The van der Waals surface area contributed by atoms with Gasteiger partial charge in [-0.05, 0) is 30.2 Å². The predicted molar refractivity (Wildman–Crippen MR) is 71.9 cm³/mol. The van der Waals surface area contributed by atoms with Crippen molar-refractivity contribution in [1.82, 2.24) is 5.32 Å². The number of nitrogens with one attached hydrogen (secondary N) is 1. The molecule has 1 aromatic rings. The van der Waals surface area contributed by atoms with Crippen LogP contribution in [0.3, 0.4) is 0 Å². The summed E-state index contributed by atoms with van der Waals surface area (Å²) in [4.78, 5) is 22.0. The van der Waals surface area contributed by atoms with Crippen molar-refractivity contribution in [3.05, 3.63) is 39.7 Å². The molecule has 1 fully saturated rings. The number of carbonyl (C=O) groups excluding carboxylic acids is 1. The molecule has 1 aliphatic carbocycles. The van der Waals surface area contributed by atoms with Crippen LogP contribution in [0.15, 0.2) is 18.2 Å². The van der Waals surface area contributed by atoms with Crippen molar-refractivity contribution < 1.29 is 14.1 Å². The summed E-state index contributed by atoms with van der Waals surface area (Å²) >= 11 is 0. The SMILES string of the molecule is CC(C)C1(CNC(=O)c2cc([N+](=O)[O-])ccc2F)CC1. The lowest BCUT2D eigenvalue weighted by Crippen LogP contribution is -2.33. The van der Waals surface area contributed by atoms with Gasteiger partial charge < -0.3 is 5.32 Å². The van der Waals surface area contributed by atoms with Crippen molar-refractivity contribution >= 4 is 11.6 Å². The number of amides is 1. The molecule has 5 nitrogen and oxygen atoms in total. The van der Waals surface area contributed by atoms with Crippen LogP contribution < -0.4 is 5.32 Å². The largest absolute Gasteiger partial charge is 0.351 e. The average Bonchev–Trinajstić information content (AvgIpc) is 3.17. The van der Waals surface area contributed by atoms with Crippen LogP contribution in [-0.2, 0) is 0 Å². The van der Waals surface area contributed by atoms with E-state index < -0.39 is 16.6 Å². The van der Waals surface area contributed by atoms with Crippen LogP contribution in [0.4, 0.5) is 10.1 Å². The molecule has 0 heterocycles. The number of nitro groups is 1. The van der Waals surface area contributed by atoms with Crippen LogP contribution in [-0.4, -0.2) is 17.4 Å². The van der Waals surface area contributed by atoms with Crippen LogP contribution >= 0.6 is 0 Å². The molecule has 0 aliphatic heterocycles. The molecule has 0 aromatic heterocycles. The fourth-order valence-corrected chi connectivity index (χ4v) is 2.27. The maximum Gasteiger partial charge on any atom is 0.270 e. The van der Waals surface area contributed by atoms with Crippen molar-refractivity contribution in [2.24, 2.45) is 11.3 Å². The Hall–Kier alpha value is -1.98. The Kier molecular flexibility index (Phi) is 3.74. The normalized spacial score (nSPS) is 16.0. The lowest BCUT2D eigenvalue weighted by Gasteiger charge is -2.20. The van der Waals surface area contributed by atoms with E-state index in [0.29, 0.717) is 12.5 Å². The summed E-state index contributed by atoms with van der Waals surface area (Å²) in [5.74, 6) is -0.904. The van der Waals surface area contributed by atoms with Crippen molar-refractivity contribution in [3.63, 3.8) is 0 Å².